The van der Waals surface area contributed by atoms with Crippen molar-refractivity contribution in [2.75, 3.05) is 6.54 Å². The van der Waals surface area contributed by atoms with Crippen molar-refractivity contribution in [3.8, 4) is 0 Å². The summed E-state index contributed by atoms with van der Waals surface area (Å²) in [5.74, 6) is 2.14. The van der Waals surface area contributed by atoms with Gasteiger partial charge in [-0.05, 0) is 36.5 Å². The summed E-state index contributed by atoms with van der Waals surface area (Å²) in [5.41, 5.74) is 5.00. The van der Waals surface area contributed by atoms with Gasteiger partial charge in [-0.1, -0.05) is 13.8 Å². The number of nitrogens with two attached hydrogens (primary N) is 1. The molecule has 4 nitrogen and oxygen atoms in total. The Bertz CT molecular complexity index is 316. The van der Waals surface area contributed by atoms with Crippen LogP contribution in [0.4, 0.5) is 0 Å². The third kappa shape index (κ3) is 2.06. The van der Waals surface area contributed by atoms with Crippen LogP contribution in [-0.4, -0.2) is 18.4 Å². The molecule has 0 aromatic carbocycles. The zero-order valence-corrected chi connectivity index (χ0v) is 9.90. The summed E-state index contributed by atoms with van der Waals surface area (Å²) < 4.78 is 0. The minimum atomic E-state index is -0.474. The van der Waals surface area contributed by atoms with Crippen molar-refractivity contribution in [1.29, 1.82) is 0 Å². The van der Waals surface area contributed by atoms with Crippen LogP contribution in [0.1, 0.15) is 26.7 Å². The Balaban J connectivity index is 1.88. The van der Waals surface area contributed by atoms with Gasteiger partial charge in [-0.25, -0.2) is 0 Å². The molecule has 2 fully saturated rings. The Labute approximate surface area is 96.0 Å². The van der Waals surface area contributed by atoms with E-state index in [9.17, 15) is 9.59 Å². The molecule has 4 heteroatoms. The van der Waals surface area contributed by atoms with Crippen LogP contribution in [0.3, 0.4) is 0 Å². The molecule has 2 aliphatic rings. The van der Waals surface area contributed by atoms with E-state index in [2.05, 4.69) is 19.2 Å². The molecule has 2 saturated carbocycles. The molecule has 16 heavy (non-hydrogen) atoms. The molecule has 0 spiro atoms. The van der Waals surface area contributed by atoms with Crippen molar-refractivity contribution >= 4 is 11.8 Å². The quantitative estimate of drug-likeness (QED) is 0.733. The van der Waals surface area contributed by atoms with E-state index >= 15 is 0 Å². The average Bonchev–Trinajstić information content (AvgIpc) is 2.88. The van der Waals surface area contributed by atoms with Gasteiger partial charge in [0, 0.05) is 5.92 Å². The predicted molar refractivity (Wildman–Crippen MR) is 60.2 cm³/mol. The van der Waals surface area contributed by atoms with E-state index in [0.717, 1.165) is 12.3 Å². The van der Waals surface area contributed by atoms with Crippen molar-refractivity contribution in [1.82, 2.24) is 5.32 Å². The largest absolute Gasteiger partial charge is 0.368 e. The number of carbonyl (C=O) groups excluding carboxylic acids is 2. The molecular formula is C12H20N2O2. The van der Waals surface area contributed by atoms with Crippen LogP contribution in [-0.2, 0) is 9.59 Å². The zero-order chi connectivity index (χ0) is 11.9. The minimum Gasteiger partial charge on any atom is -0.368 e. The van der Waals surface area contributed by atoms with Gasteiger partial charge in [0.1, 0.15) is 0 Å². The monoisotopic (exact) mass is 224 g/mol. The molecule has 0 aliphatic heterocycles. The number of fused-ring (bicyclic) bond motifs is 1. The highest BCUT2D eigenvalue weighted by Gasteiger charge is 2.58. The first-order valence-electron chi connectivity index (χ1n) is 6.06. The molecule has 0 heterocycles. The summed E-state index contributed by atoms with van der Waals surface area (Å²) in [7, 11) is 0. The lowest BCUT2D eigenvalue weighted by Gasteiger charge is -2.22. The van der Waals surface area contributed by atoms with Crippen molar-refractivity contribution in [2.24, 2.45) is 35.3 Å². The molecule has 0 aromatic rings. The second-order valence-electron chi connectivity index (χ2n) is 5.50. The first kappa shape index (κ1) is 11.4. The third-order valence-corrected chi connectivity index (χ3v) is 4.07. The fourth-order valence-electron chi connectivity index (χ4n) is 3.49. The third-order valence-electron chi connectivity index (χ3n) is 4.07. The van der Waals surface area contributed by atoms with Crippen LogP contribution in [0.5, 0.6) is 0 Å². The van der Waals surface area contributed by atoms with Gasteiger partial charge in [-0.2, -0.15) is 0 Å². The van der Waals surface area contributed by atoms with Crippen molar-refractivity contribution in [3.05, 3.63) is 0 Å². The Morgan fingerprint density at radius 1 is 1.31 bits per heavy atom. The highest BCUT2D eigenvalue weighted by atomic mass is 16.2. The number of primary amides is 1. The molecule has 90 valence electrons. The first-order valence-corrected chi connectivity index (χ1v) is 6.06. The molecule has 0 saturated heterocycles. The van der Waals surface area contributed by atoms with E-state index in [1.807, 2.05) is 0 Å². The van der Waals surface area contributed by atoms with Gasteiger partial charge in [-0.3, -0.25) is 9.59 Å². The summed E-state index contributed by atoms with van der Waals surface area (Å²) in [6, 6.07) is 0. The van der Waals surface area contributed by atoms with Crippen LogP contribution in [0, 0.1) is 29.6 Å². The molecule has 0 aromatic heterocycles. The molecule has 2 amide bonds. The lowest BCUT2D eigenvalue weighted by Crippen LogP contribution is -2.34. The number of carbonyl (C=O) groups is 2. The number of amides is 2. The number of rotatable bonds is 3. The Kier molecular flexibility index (Phi) is 2.91. The van der Waals surface area contributed by atoms with Crippen molar-refractivity contribution in [3.63, 3.8) is 0 Å². The lowest BCUT2D eigenvalue weighted by atomic mass is 9.84. The highest BCUT2D eigenvalue weighted by Crippen LogP contribution is 2.59. The number of nitrogens with one attached hydrogen (secondary N) is 1. The van der Waals surface area contributed by atoms with Crippen LogP contribution in [0.2, 0.25) is 0 Å². The van der Waals surface area contributed by atoms with Gasteiger partial charge < -0.3 is 11.1 Å². The predicted octanol–water partition coefficient (Wildman–Crippen LogP) is 0.516. The summed E-state index contributed by atoms with van der Waals surface area (Å²) in [6.45, 7) is 4.46. The summed E-state index contributed by atoms with van der Waals surface area (Å²) in [5, 5.41) is 2.62. The van der Waals surface area contributed by atoms with Crippen molar-refractivity contribution < 1.29 is 9.59 Å². The zero-order valence-electron chi connectivity index (χ0n) is 9.90. The smallest absolute Gasteiger partial charge is 0.236 e. The van der Waals surface area contributed by atoms with E-state index in [0.29, 0.717) is 17.8 Å². The van der Waals surface area contributed by atoms with E-state index < -0.39 is 5.91 Å². The molecule has 1 unspecified atom stereocenters. The Hall–Kier alpha value is -1.06. The normalized spacial score (nSPS) is 41.0. The Morgan fingerprint density at radius 2 is 2.00 bits per heavy atom. The van der Waals surface area contributed by atoms with Gasteiger partial charge in [-0.15, -0.1) is 0 Å². The fourth-order valence-corrected chi connectivity index (χ4v) is 3.49. The van der Waals surface area contributed by atoms with Crippen LogP contribution >= 0.6 is 0 Å². The van der Waals surface area contributed by atoms with Gasteiger partial charge in [0.15, 0.2) is 0 Å². The minimum absolute atomic E-state index is 0.0229. The Morgan fingerprint density at radius 3 is 2.62 bits per heavy atom. The maximum atomic E-state index is 11.8. The van der Waals surface area contributed by atoms with E-state index in [1.165, 1.54) is 6.42 Å². The second kappa shape index (κ2) is 4.07. The van der Waals surface area contributed by atoms with Crippen LogP contribution in [0.25, 0.3) is 0 Å². The standard InChI is InChI=1S/C12H20N2O2/c1-6-3-7(2)10-8(4-6)11(10)12(16)14-5-9(13)15/h6-8,10-11H,3-5H2,1-2H3,(H2,13,15)(H,14,16)/t6-,7-,8?,10-,11-/m0/s1. The average molecular weight is 224 g/mol. The molecule has 0 bridgehead atoms. The summed E-state index contributed by atoms with van der Waals surface area (Å²) >= 11 is 0. The molecule has 3 N–H and O–H groups in total. The molecule has 2 aliphatic carbocycles. The fraction of sp³-hybridized carbons (Fsp3) is 0.833. The molecular weight excluding hydrogens is 204 g/mol. The topological polar surface area (TPSA) is 72.2 Å². The van der Waals surface area contributed by atoms with E-state index in [4.69, 9.17) is 5.73 Å². The maximum Gasteiger partial charge on any atom is 0.236 e. The van der Waals surface area contributed by atoms with Crippen LogP contribution in [0.15, 0.2) is 0 Å². The molecule has 5 atom stereocenters. The summed E-state index contributed by atoms with van der Waals surface area (Å²) in [6.07, 6.45) is 2.38. The van der Waals surface area contributed by atoms with Gasteiger partial charge >= 0.3 is 0 Å². The summed E-state index contributed by atoms with van der Waals surface area (Å²) in [4.78, 5) is 22.4. The van der Waals surface area contributed by atoms with Gasteiger partial charge in [0.2, 0.25) is 11.8 Å². The van der Waals surface area contributed by atoms with Crippen LogP contribution < -0.4 is 11.1 Å². The lowest BCUT2D eigenvalue weighted by molar-refractivity contribution is -0.126. The first-order chi connectivity index (χ1) is 7.50. The maximum absolute atomic E-state index is 11.8. The van der Waals surface area contributed by atoms with Gasteiger partial charge in [0.25, 0.3) is 0 Å². The molecule has 0 radical (unpaired) electrons. The SMILES string of the molecule is C[C@@H]1CC2[C@H]([C@@H](C)C1)[C@H]2C(=O)NCC(N)=O. The highest BCUT2D eigenvalue weighted by molar-refractivity contribution is 5.87. The number of hydrogen-bond acceptors (Lipinski definition) is 2. The van der Waals surface area contributed by atoms with Crippen molar-refractivity contribution in [2.45, 2.75) is 26.7 Å². The number of hydrogen-bond donors (Lipinski definition) is 2. The van der Waals surface area contributed by atoms with E-state index in [1.54, 1.807) is 0 Å². The van der Waals surface area contributed by atoms with E-state index in [-0.39, 0.29) is 18.4 Å². The van der Waals surface area contributed by atoms with Gasteiger partial charge in [0.05, 0.1) is 6.54 Å². The second-order valence-corrected chi connectivity index (χ2v) is 5.50. The molecule has 2 rings (SSSR count).